The van der Waals surface area contributed by atoms with Crippen LogP contribution in [0.5, 0.6) is 0 Å². The molecule has 226 valence electrons. The first kappa shape index (κ1) is 27.4. The number of hydrogen-bond acceptors (Lipinski definition) is 5. The van der Waals surface area contributed by atoms with Crippen molar-refractivity contribution < 1.29 is 13.9 Å². The van der Waals surface area contributed by atoms with Crippen LogP contribution in [0.15, 0.2) is 172 Å². The normalized spacial score (nSPS) is 20.5. The highest BCUT2D eigenvalue weighted by Gasteiger charge is 2.37. The molecule has 0 aliphatic carbocycles. The maximum atomic E-state index is 6.78. The van der Waals surface area contributed by atoms with Gasteiger partial charge in [-0.25, -0.2) is 9.98 Å². The van der Waals surface area contributed by atoms with Crippen molar-refractivity contribution in [3.05, 3.63) is 191 Å². The Hall–Kier alpha value is -5.94. The van der Waals surface area contributed by atoms with Crippen LogP contribution in [0.3, 0.4) is 0 Å². The summed E-state index contributed by atoms with van der Waals surface area (Å²) in [5, 5.41) is 1.98. The highest BCUT2D eigenvalue weighted by Crippen LogP contribution is 2.45. The second-order valence-electron chi connectivity index (χ2n) is 11.9. The summed E-state index contributed by atoms with van der Waals surface area (Å²) in [5.74, 6) is 1.14. The maximum absolute atomic E-state index is 6.78. The second kappa shape index (κ2) is 11.5. The van der Waals surface area contributed by atoms with Gasteiger partial charge in [-0.1, -0.05) is 146 Å². The summed E-state index contributed by atoms with van der Waals surface area (Å²) in [6, 6.07) is 53.2. The number of hydrogen-bond donors (Lipinski definition) is 0. The van der Waals surface area contributed by atoms with Crippen LogP contribution in [-0.2, 0) is 9.47 Å². The van der Waals surface area contributed by atoms with Crippen LogP contribution in [0, 0.1) is 0 Å². The molecule has 4 atom stereocenters. The molecule has 0 unspecified atom stereocenters. The average Bonchev–Trinajstić information content (AvgIpc) is 3.89. The second-order valence-corrected chi connectivity index (χ2v) is 11.9. The van der Waals surface area contributed by atoms with Crippen LogP contribution in [-0.4, -0.2) is 11.8 Å². The summed E-state index contributed by atoms with van der Waals surface area (Å²) in [6.45, 7) is 0. The van der Waals surface area contributed by atoms with Crippen molar-refractivity contribution in [2.75, 3.05) is 0 Å². The lowest BCUT2D eigenvalue weighted by molar-refractivity contribution is 0.197. The monoisotopic (exact) mass is 610 g/mol. The van der Waals surface area contributed by atoms with Gasteiger partial charge in [0.1, 0.15) is 23.2 Å². The van der Waals surface area contributed by atoms with Crippen molar-refractivity contribution in [2.45, 2.75) is 24.3 Å². The maximum Gasteiger partial charge on any atom is 0.221 e. The molecule has 5 heteroatoms. The van der Waals surface area contributed by atoms with Crippen LogP contribution < -0.4 is 0 Å². The van der Waals surface area contributed by atoms with E-state index >= 15 is 0 Å². The molecule has 5 nitrogen and oxygen atoms in total. The van der Waals surface area contributed by atoms with Gasteiger partial charge in [-0.05, 0) is 34.4 Å². The first-order valence-electron chi connectivity index (χ1n) is 16.0. The van der Waals surface area contributed by atoms with Crippen molar-refractivity contribution in [3.63, 3.8) is 0 Å². The quantitative estimate of drug-likeness (QED) is 0.188. The molecule has 1 aromatic heterocycles. The molecule has 7 aromatic rings. The van der Waals surface area contributed by atoms with E-state index in [0.29, 0.717) is 11.8 Å². The van der Waals surface area contributed by atoms with E-state index in [1.807, 2.05) is 97.1 Å². The first-order chi connectivity index (χ1) is 23.3. The summed E-state index contributed by atoms with van der Waals surface area (Å²) in [7, 11) is 0. The standard InChI is InChI=1S/C42H30N2O3/c1-5-15-27(16-6-1)35-37(29-19-9-3-10-20-29)46-41(43-35)33-25-13-23-31-32-24-14-26-34(40(32)45-39(31)33)42-44-36(28-17-7-2-8-18-28)38(47-42)30-21-11-4-12-22-30/h1-26,35-38H/t35-,36-,37-,38-/m0/s1. The molecule has 0 saturated carbocycles. The third-order valence-corrected chi connectivity index (χ3v) is 9.09. The number of ether oxygens (including phenoxy) is 2. The molecule has 0 saturated heterocycles. The van der Waals surface area contributed by atoms with Crippen LogP contribution in [0.2, 0.25) is 0 Å². The van der Waals surface area contributed by atoms with Gasteiger partial charge in [0, 0.05) is 10.8 Å². The molecule has 9 rings (SSSR count). The Morgan fingerprint density at radius 1 is 0.362 bits per heavy atom. The van der Waals surface area contributed by atoms with E-state index in [1.54, 1.807) is 0 Å². The molecule has 2 aliphatic rings. The number of benzene rings is 6. The van der Waals surface area contributed by atoms with Gasteiger partial charge in [0.2, 0.25) is 11.8 Å². The predicted octanol–water partition coefficient (Wildman–Crippen LogP) is 10.1. The summed E-state index contributed by atoms with van der Waals surface area (Å²) >= 11 is 0. The minimum Gasteiger partial charge on any atom is -0.466 e. The van der Waals surface area contributed by atoms with Crippen molar-refractivity contribution in [2.24, 2.45) is 9.98 Å². The highest BCUT2D eigenvalue weighted by molar-refractivity contribution is 6.17. The molecule has 3 heterocycles. The zero-order valence-electron chi connectivity index (χ0n) is 25.4. The number of fused-ring (bicyclic) bond motifs is 3. The van der Waals surface area contributed by atoms with Crippen molar-refractivity contribution in [1.82, 2.24) is 0 Å². The van der Waals surface area contributed by atoms with Gasteiger partial charge in [0.25, 0.3) is 0 Å². The molecule has 0 N–H and O–H groups in total. The van der Waals surface area contributed by atoms with Gasteiger partial charge in [-0.2, -0.15) is 0 Å². The first-order valence-corrected chi connectivity index (χ1v) is 16.0. The summed E-state index contributed by atoms with van der Waals surface area (Å²) < 4.78 is 20.2. The average molecular weight is 611 g/mol. The van der Waals surface area contributed by atoms with Crippen molar-refractivity contribution in [1.29, 1.82) is 0 Å². The van der Waals surface area contributed by atoms with Crippen LogP contribution in [0.1, 0.15) is 57.7 Å². The smallest absolute Gasteiger partial charge is 0.221 e. The summed E-state index contributed by atoms with van der Waals surface area (Å²) in [6.07, 6.45) is -0.509. The van der Waals surface area contributed by atoms with E-state index in [4.69, 9.17) is 23.9 Å². The molecule has 0 amide bonds. The fraction of sp³-hybridized carbons (Fsp3) is 0.0952. The van der Waals surface area contributed by atoms with Crippen LogP contribution in [0.25, 0.3) is 21.9 Å². The lowest BCUT2D eigenvalue weighted by Gasteiger charge is -2.18. The topological polar surface area (TPSA) is 56.3 Å². The lowest BCUT2D eigenvalue weighted by Crippen LogP contribution is -2.09. The Labute approximate surface area is 272 Å². The largest absolute Gasteiger partial charge is 0.466 e. The van der Waals surface area contributed by atoms with E-state index in [-0.39, 0.29) is 24.3 Å². The third-order valence-electron chi connectivity index (χ3n) is 9.09. The van der Waals surface area contributed by atoms with Gasteiger partial charge in [-0.15, -0.1) is 0 Å². The number of furan rings is 1. The fourth-order valence-electron chi connectivity index (χ4n) is 6.83. The predicted molar refractivity (Wildman–Crippen MR) is 186 cm³/mol. The molecule has 6 aromatic carbocycles. The van der Waals surface area contributed by atoms with E-state index in [0.717, 1.165) is 55.3 Å². The summed E-state index contributed by atoms with van der Waals surface area (Å²) in [5.41, 5.74) is 7.47. The number of nitrogens with zero attached hydrogens (tertiary/aromatic N) is 2. The van der Waals surface area contributed by atoms with E-state index < -0.39 is 0 Å². The highest BCUT2D eigenvalue weighted by atomic mass is 16.5. The number of rotatable bonds is 6. The van der Waals surface area contributed by atoms with Gasteiger partial charge >= 0.3 is 0 Å². The molecule has 0 radical (unpaired) electrons. The van der Waals surface area contributed by atoms with Crippen molar-refractivity contribution in [3.8, 4) is 0 Å². The molecule has 2 aliphatic heterocycles. The Morgan fingerprint density at radius 3 is 1.11 bits per heavy atom. The van der Waals surface area contributed by atoms with Gasteiger partial charge < -0.3 is 13.9 Å². The fourth-order valence-corrected chi connectivity index (χ4v) is 6.83. The summed E-state index contributed by atoms with van der Waals surface area (Å²) in [4.78, 5) is 10.4. The van der Waals surface area contributed by atoms with Gasteiger partial charge in [0.05, 0.1) is 11.1 Å². The Kier molecular flexibility index (Phi) is 6.67. The lowest BCUT2D eigenvalue weighted by atomic mass is 9.97. The van der Waals surface area contributed by atoms with E-state index in [2.05, 4.69) is 60.7 Å². The molecular weight excluding hydrogens is 580 g/mol. The Balaban J connectivity index is 1.15. The molecule has 0 fully saturated rings. The third kappa shape index (κ3) is 4.79. The number of aliphatic imine (C=N–C) groups is 2. The minimum atomic E-state index is -0.255. The number of para-hydroxylation sites is 2. The Morgan fingerprint density at radius 2 is 0.723 bits per heavy atom. The van der Waals surface area contributed by atoms with Gasteiger partial charge in [-0.3, -0.25) is 0 Å². The van der Waals surface area contributed by atoms with Gasteiger partial charge in [0.15, 0.2) is 12.2 Å². The van der Waals surface area contributed by atoms with Crippen LogP contribution >= 0.6 is 0 Å². The molecule has 47 heavy (non-hydrogen) atoms. The minimum absolute atomic E-state index is 0.185. The molecular formula is C42H30N2O3. The van der Waals surface area contributed by atoms with E-state index in [1.165, 1.54) is 0 Å². The Bertz CT molecular complexity index is 2100. The van der Waals surface area contributed by atoms with Crippen LogP contribution in [0.4, 0.5) is 0 Å². The molecule has 0 bridgehead atoms. The SMILES string of the molecule is c1ccc([C@@H]2N=C(c3cccc4c3oc3c(C5=N[C@@H](c6ccccc6)[C@H](c6ccccc6)O5)cccc34)O[C@H]2c2ccccc2)cc1. The zero-order chi connectivity index (χ0) is 31.2. The van der Waals surface area contributed by atoms with Crippen molar-refractivity contribution >= 4 is 33.7 Å². The molecule has 0 spiro atoms. The zero-order valence-corrected chi connectivity index (χ0v) is 25.4. The van der Waals surface area contributed by atoms with E-state index in [9.17, 15) is 0 Å².